The average Bonchev–Trinajstić information content (AvgIpc) is 2.39. The molecule has 0 atom stereocenters. The predicted molar refractivity (Wildman–Crippen MR) is 67.4 cm³/mol. The molecule has 0 unspecified atom stereocenters. The maximum atomic E-state index is 10.3. The Morgan fingerprint density at radius 1 is 1.17 bits per heavy atom. The van der Waals surface area contributed by atoms with E-state index >= 15 is 0 Å². The highest BCUT2D eigenvalue weighted by molar-refractivity contribution is 5.85. The lowest BCUT2D eigenvalue weighted by molar-refractivity contribution is -0.131. The van der Waals surface area contributed by atoms with Gasteiger partial charge in [-0.1, -0.05) is 18.2 Å². The second-order valence-corrected chi connectivity index (χ2v) is 3.52. The molecule has 1 N–H and O–H groups in total. The Bertz CT molecular complexity index is 547. The Kier molecular flexibility index (Phi) is 3.71. The third-order valence-electron chi connectivity index (χ3n) is 2.14. The molecular weight excluding hydrogens is 230 g/mol. The quantitative estimate of drug-likeness (QED) is 0.836. The summed E-state index contributed by atoms with van der Waals surface area (Å²) in [6.45, 7) is 0. The van der Waals surface area contributed by atoms with Gasteiger partial charge in [-0.25, -0.2) is 9.78 Å². The summed E-state index contributed by atoms with van der Waals surface area (Å²) >= 11 is 0. The van der Waals surface area contributed by atoms with Gasteiger partial charge >= 0.3 is 5.97 Å². The summed E-state index contributed by atoms with van der Waals surface area (Å²) in [6, 6.07) is 12.7. The number of aromatic nitrogens is 1. The van der Waals surface area contributed by atoms with E-state index in [-0.39, 0.29) is 0 Å². The molecule has 1 aromatic heterocycles. The number of aliphatic carboxylic acids is 1. The molecule has 0 bridgehead atoms. The van der Waals surface area contributed by atoms with E-state index in [2.05, 4.69) is 4.98 Å². The monoisotopic (exact) mass is 241 g/mol. The van der Waals surface area contributed by atoms with Gasteiger partial charge in [0.2, 0.25) is 5.88 Å². The molecule has 0 aliphatic rings. The van der Waals surface area contributed by atoms with Gasteiger partial charge in [0.15, 0.2) is 0 Å². The number of hydrogen-bond acceptors (Lipinski definition) is 3. The van der Waals surface area contributed by atoms with Gasteiger partial charge in [-0.05, 0) is 29.8 Å². The zero-order valence-electron chi connectivity index (χ0n) is 9.48. The van der Waals surface area contributed by atoms with E-state index < -0.39 is 5.97 Å². The summed E-state index contributed by atoms with van der Waals surface area (Å²) in [4.78, 5) is 14.4. The Hall–Kier alpha value is -2.62. The number of hydrogen-bond donors (Lipinski definition) is 1. The zero-order chi connectivity index (χ0) is 12.8. The highest BCUT2D eigenvalue weighted by Crippen LogP contribution is 2.18. The normalized spacial score (nSPS) is 10.4. The fraction of sp³-hybridized carbons (Fsp3) is 0. The lowest BCUT2D eigenvalue weighted by Crippen LogP contribution is -1.88. The number of benzene rings is 1. The molecule has 2 aromatic rings. The number of pyridine rings is 1. The molecule has 4 nitrogen and oxygen atoms in total. The maximum absolute atomic E-state index is 10.3. The molecule has 0 spiro atoms. The summed E-state index contributed by atoms with van der Waals surface area (Å²) in [7, 11) is 0. The van der Waals surface area contributed by atoms with E-state index in [9.17, 15) is 4.79 Å². The number of rotatable bonds is 4. The third-order valence-corrected chi connectivity index (χ3v) is 2.14. The molecule has 18 heavy (non-hydrogen) atoms. The second-order valence-electron chi connectivity index (χ2n) is 3.52. The van der Waals surface area contributed by atoms with Crippen molar-refractivity contribution in [3.05, 3.63) is 60.3 Å². The van der Waals surface area contributed by atoms with Crippen molar-refractivity contribution in [1.29, 1.82) is 0 Å². The highest BCUT2D eigenvalue weighted by Gasteiger charge is 1.97. The average molecular weight is 241 g/mol. The molecule has 0 radical (unpaired) electrons. The van der Waals surface area contributed by atoms with Crippen LogP contribution >= 0.6 is 0 Å². The van der Waals surface area contributed by atoms with E-state index in [0.29, 0.717) is 17.2 Å². The fourth-order valence-electron chi connectivity index (χ4n) is 1.33. The first-order valence-corrected chi connectivity index (χ1v) is 5.34. The number of para-hydroxylation sites is 1. The first-order chi connectivity index (χ1) is 8.74. The molecule has 0 saturated carbocycles. The van der Waals surface area contributed by atoms with Gasteiger partial charge in [0.25, 0.3) is 0 Å². The van der Waals surface area contributed by atoms with Crippen LogP contribution in [0.1, 0.15) is 5.56 Å². The maximum Gasteiger partial charge on any atom is 0.328 e. The van der Waals surface area contributed by atoms with Gasteiger partial charge in [0.1, 0.15) is 5.75 Å². The van der Waals surface area contributed by atoms with E-state index in [1.807, 2.05) is 30.3 Å². The van der Waals surface area contributed by atoms with Crippen molar-refractivity contribution in [3.8, 4) is 11.6 Å². The summed E-state index contributed by atoms with van der Waals surface area (Å²) in [5.41, 5.74) is 0.706. The van der Waals surface area contributed by atoms with Crippen LogP contribution in [0.2, 0.25) is 0 Å². The number of carboxylic acid groups (broad SMARTS) is 1. The smallest absolute Gasteiger partial charge is 0.328 e. The zero-order valence-corrected chi connectivity index (χ0v) is 9.48. The fourth-order valence-corrected chi connectivity index (χ4v) is 1.33. The summed E-state index contributed by atoms with van der Waals surface area (Å²) in [5, 5.41) is 8.49. The number of carboxylic acids is 1. The molecule has 1 heterocycles. The van der Waals surface area contributed by atoms with Crippen LogP contribution in [0, 0.1) is 0 Å². The van der Waals surface area contributed by atoms with Gasteiger partial charge < -0.3 is 9.84 Å². The van der Waals surface area contributed by atoms with Gasteiger partial charge in [-0.15, -0.1) is 0 Å². The first kappa shape index (κ1) is 11.9. The topological polar surface area (TPSA) is 59.4 Å². The molecule has 0 aliphatic heterocycles. The van der Waals surface area contributed by atoms with Gasteiger partial charge in [0.05, 0.1) is 0 Å². The Morgan fingerprint density at radius 3 is 2.56 bits per heavy atom. The van der Waals surface area contributed by atoms with E-state index in [1.54, 1.807) is 18.3 Å². The second kappa shape index (κ2) is 5.63. The van der Waals surface area contributed by atoms with Crippen molar-refractivity contribution >= 4 is 12.0 Å². The lowest BCUT2D eigenvalue weighted by Gasteiger charge is -2.03. The van der Waals surface area contributed by atoms with Crippen molar-refractivity contribution < 1.29 is 14.6 Å². The van der Waals surface area contributed by atoms with Crippen molar-refractivity contribution in [2.24, 2.45) is 0 Å². The Balaban J connectivity index is 2.06. The van der Waals surface area contributed by atoms with Crippen molar-refractivity contribution in [1.82, 2.24) is 4.98 Å². The molecule has 0 amide bonds. The Labute approximate surface area is 104 Å². The minimum Gasteiger partial charge on any atom is -0.478 e. The minimum atomic E-state index is -0.986. The van der Waals surface area contributed by atoms with Crippen LogP contribution < -0.4 is 4.74 Å². The molecular formula is C14H11NO3. The summed E-state index contributed by atoms with van der Waals surface area (Å²) in [6.07, 6.45) is 4.09. The Morgan fingerprint density at radius 2 is 1.94 bits per heavy atom. The van der Waals surface area contributed by atoms with Crippen LogP contribution in [0.25, 0.3) is 6.08 Å². The van der Waals surface area contributed by atoms with Crippen LogP contribution in [0.5, 0.6) is 11.6 Å². The van der Waals surface area contributed by atoms with Crippen molar-refractivity contribution in [2.75, 3.05) is 0 Å². The van der Waals surface area contributed by atoms with Gasteiger partial charge in [-0.3, -0.25) is 0 Å². The first-order valence-electron chi connectivity index (χ1n) is 5.34. The molecule has 0 aliphatic carbocycles. The molecule has 4 heteroatoms. The summed E-state index contributed by atoms with van der Waals surface area (Å²) in [5.74, 6) is 0.187. The van der Waals surface area contributed by atoms with Crippen molar-refractivity contribution in [3.63, 3.8) is 0 Å². The van der Waals surface area contributed by atoms with Crippen molar-refractivity contribution in [2.45, 2.75) is 0 Å². The van der Waals surface area contributed by atoms with E-state index in [4.69, 9.17) is 9.84 Å². The molecule has 2 rings (SSSR count). The van der Waals surface area contributed by atoms with Crippen LogP contribution in [0.3, 0.4) is 0 Å². The van der Waals surface area contributed by atoms with Gasteiger partial charge in [-0.2, -0.15) is 0 Å². The van der Waals surface area contributed by atoms with Crippen LogP contribution in [-0.2, 0) is 4.79 Å². The minimum absolute atomic E-state index is 0.466. The number of ether oxygens (including phenoxy) is 1. The van der Waals surface area contributed by atoms with Gasteiger partial charge in [0, 0.05) is 18.3 Å². The molecule has 90 valence electrons. The highest BCUT2D eigenvalue weighted by atomic mass is 16.5. The molecule has 1 aromatic carbocycles. The molecule has 0 fully saturated rings. The SMILES string of the molecule is O=C(O)/C=C\c1ccc(Oc2ccccc2)nc1. The van der Waals surface area contributed by atoms with Crippen LogP contribution in [0.4, 0.5) is 0 Å². The number of nitrogens with zero attached hydrogens (tertiary/aromatic N) is 1. The van der Waals surface area contributed by atoms with E-state index in [0.717, 1.165) is 6.08 Å². The largest absolute Gasteiger partial charge is 0.478 e. The van der Waals surface area contributed by atoms with E-state index in [1.165, 1.54) is 6.08 Å². The predicted octanol–water partition coefficient (Wildman–Crippen LogP) is 2.97. The third kappa shape index (κ3) is 3.45. The standard InChI is InChI=1S/C14H11NO3/c16-14(17)9-7-11-6-8-13(15-10-11)18-12-4-2-1-3-5-12/h1-10H,(H,16,17)/b9-7-. The summed E-state index contributed by atoms with van der Waals surface area (Å²) < 4.78 is 5.51. The number of carbonyl (C=O) groups is 1. The molecule has 0 saturated heterocycles. The van der Waals surface area contributed by atoms with Crippen LogP contribution in [0.15, 0.2) is 54.7 Å². The lowest BCUT2D eigenvalue weighted by atomic mass is 10.2. The van der Waals surface area contributed by atoms with Crippen LogP contribution in [-0.4, -0.2) is 16.1 Å².